The predicted molar refractivity (Wildman–Crippen MR) is 137 cm³/mol. The molecule has 0 saturated heterocycles. The van der Waals surface area contributed by atoms with Gasteiger partial charge in [-0.3, -0.25) is 4.79 Å². The number of aryl methyl sites for hydroxylation is 1. The van der Waals surface area contributed by atoms with Gasteiger partial charge in [0.05, 0.1) is 17.2 Å². The van der Waals surface area contributed by atoms with Gasteiger partial charge in [0.15, 0.2) is 6.61 Å². The van der Waals surface area contributed by atoms with Gasteiger partial charge < -0.3 is 14.6 Å². The molecule has 0 radical (unpaired) electrons. The van der Waals surface area contributed by atoms with Crippen LogP contribution in [0.4, 0.5) is 0 Å². The van der Waals surface area contributed by atoms with Crippen molar-refractivity contribution in [3.05, 3.63) is 119 Å². The predicted octanol–water partition coefficient (Wildman–Crippen LogP) is 4.65. The molecule has 0 saturated carbocycles. The van der Waals surface area contributed by atoms with Gasteiger partial charge in [0, 0.05) is 30.1 Å². The number of aromatic nitrogens is 2. The zero-order valence-corrected chi connectivity index (χ0v) is 20.4. The van der Waals surface area contributed by atoms with E-state index in [1.807, 2.05) is 72.4 Å². The van der Waals surface area contributed by atoms with E-state index in [-0.39, 0.29) is 0 Å². The minimum Gasteiger partial charge on any atom is -0.452 e. The Balaban J connectivity index is 1.39. The number of carbonyl (C=O) groups excluding carboxylic acids is 2. The molecule has 36 heavy (non-hydrogen) atoms. The van der Waals surface area contributed by atoms with Crippen LogP contribution in [0.1, 0.15) is 38.9 Å². The zero-order chi connectivity index (χ0) is 25.3. The van der Waals surface area contributed by atoms with Gasteiger partial charge in [0.1, 0.15) is 11.9 Å². The maximum atomic E-state index is 12.8. The van der Waals surface area contributed by atoms with Gasteiger partial charge in [-0.15, -0.1) is 11.8 Å². The van der Waals surface area contributed by atoms with Crippen molar-refractivity contribution in [2.75, 3.05) is 6.61 Å². The topological polar surface area (TPSA) is 97.0 Å². The lowest BCUT2D eigenvalue weighted by Gasteiger charge is -2.19. The van der Waals surface area contributed by atoms with E-state index in [0.29, 0.717) is 22.7 Å². The van der Waals surface area contributed by atoms with Crippen molar-refractivity contribution in [2.45, 2.75) is 16.7 Å². The first kappa shape index (κ1) is 24.8. The van der Waals surface area contributed by atoms with E-state index < -0.39 is 24.5 Å². The summed E-state index contributed by atoms with van der Waals surface area (Å²) in [5.41, 5.74) is 2.90. The first-order valence-corrected chi connectivity index (χ1v) is 12.2. The fraction of sp³-hybridized carbons (Fsp3) is 0.143. The summed E-state index contributed by atoms with van der Waals surface area (Å²) in [7, 11) is 1.86. The minimum absolute atomic E-state index is 0.396. The number of carbonyl (C=O) groups is 2. The van der Waals surface area contributed by atoms with Gasteiger partial charge in [-0.1, -0.05) is 54.6 Å². The van der Waals surface area contributed by atoms with Crippen molar-refractivity contribution >= 4 is 23.6 Å². The van der Waals surface area contributed by atoms with Crippen molar-refractivity contribution in [3.8, 4) is 6.07 Å². The smallest absolute Gasteiger partial charge is 0.339 e. The number of hydrogen-bond donors (Lipinski definition) is 1. The SMILES string of the molecule is Cn1ccnc1C(NC(=O)COC(=O)c1ccccc1SCc1ccc(C#N)cc1)c1ccccc1. The third kappa shape index (κ3) is 6.20. The molecule has 1 N–H and O–H groups in total. The van der Waals surface area contributed by atoms with Crippen LogP contribution in [0.5, 0.6) is 0 Å². The normalized spacial score (nSPS) is 11.3. The molecule has 1 aromatic heterocycles. The van der Waals surface area contributed by atoms with Crippen molar-refractivity contribution in [2.24, 2.45) is 7.05 Å². The summed E-state index contributed by atoms with van der Waals surface area (Å²) in [6.07, 6.45) is 3.48. The summed E-state index contributed by atoms with van der Waals surface area (Å²) in [6.45, 7) is -0.415. The molecule has 1 amide bonds. The molecule has 0 fully saturated rings. The molecule has 180 valence electrons. The maximum Gasteiger partial charge on any atom is 0.339 e. The second-order valence-corrected chi connectivity index (χ2v) is 8.99. The Hall–Kier alpha value is -4.35. The van der Waals surface area contributed by atoms with E-state index in [0.717, 1.165) is 16.0 Å². The van der Waals surface area contributed by atoms with Gasteiger partial charge in [0.25, 0.3) is 5.91 Å². The molecule has 3 aromatic carbocycles. The Morgan fingerprint density at radius 3 is 2.47 bits per heavy atom. The number of nitrogens with one attached hydrogen (secondary N) is 1. The molecule has 0 spiro atoms. The molecule has 1 unspecified atom stereocenters. The van der Waals surface area contributed by atoms with Crippen LogP contribution in [-0.2, 0) is 22.3 Å². The molecule has 8 heteroatoms. The van der Waals surface area contributed by atoms with Crippen LogP contribution < -0.4 is 5.32 Å². The minimum atomic E-state index is -0.568. The van der Waals surface area contributed by atoms with Gasteiger partial charge in [-0.2, -0.15) is 5.26 Å². The molecular formula is C28H24N4O3S. The highest BCUT2D eigenvalue weighted by atomic mass is 32.2. The van der Waals surface area contributed by atoms with Crippen LogP contribution in [0, 0.1) is 11.3 Å². The van der Waals surface area contributed by atoms with Gasteiger partial charge in [-0.25, -0.2) is 9.78 Å². The number of thioether (sulfide) groups is 1. The molecule has 4 aromatic rings. The van der Waals surface area contributed by atoms with E-state index in [1.54, 1.807) is 30.5 Å². The summed E-state index contributed by atoms with van der Waals surface area (Å²) in [6, 6.07) is 25.6. The second kappa shape index (κ2) is 11.9. The number of nitriles is 1. The summed E-state index contributed by atoms with van der Waals surface area (Å²) < 4.78 is 7.21. The van der Waals surface area contributed by atoms with Crippen LogP contribution in [0.3, 0.4) is 0 Å². The second-order valence-electron chi connectivity index (χ2n) is 7.98. The van der Waals surface area contributed by atoms with Crippen LogP contribution in [-0.4, -0.2) is 28.0 Å². The number of nitrogens with zero attached hydrogens (tertiary/aromatic N) is 3. The first-order chi connectivity index (χ1) is 17.5. The molecule has 1 heterocycles. The average molecular weight is 497 g/mol. The van der Waals surface area contributed by atoms with Gasteiger partial charge in [-0.05, 0) is 35.4 Å². The molecule has 1 atom stereocenters. The molecule has 0 aliphatic heterocycles. The summed E-state index contributed by atoms with van der Waals surface area (Å²) in [4.78, 5) is 30.7. The first-order valence-electron chi connectivity index (χ1n) is 11.2. The number of esters is 1. The zero-order valence-electron chi connectivity index (χ0n) is 19.6. The number of rotatable bonds is 9. The third-order valence-corrected chi connectivity index (χ3v) is 6.62. The summed E-state index contributed by atoms with van der Waals surface area (Å²) in [5.74, 6) is 0.300. The van der Waals surface area contributed by atoms with Crippen LogP contribution in [0.25, 0.3) is 0 Å². The van der Waals surface area contributed by atoms with Crippen molar-refractivity contribution < 1.29 is 14.3 Å². The fourth-order valence-corrected chi connectivity index (χ4v) is 4.60. The van der Waals surface area contributed by atoms with E-state index in [2.05, 4.69) is 16.4 Å². The highest BCUT2D eigenvalue weighted by molar-refractivity contribution is 7.98. The van der Waals surface area contributed by atoms with Gasteiger partial charge >= 0.3 is 5.97 Å². The quantitative estimate of drug-likeness (QED) is 0.268. The Kier molecular flexibility index (Phi) is 8.16. The summed E-state index contributed by atoms with van der Waals surface area (Å²) in [5, 5.41) is 11.9. The summed E-state index contributed by atoms with van der Waals surface area (Å²) >= 11 is 1.49. The average Bonchev–Trinajstić information content (AvgIpc) is 3.35. The van der Waals surface area contributed by atoms with E-state index in [4.69, 9.17) is 10.00 Å². The molecule has 7 nitrogen and oxygen atoms in total. The van der Waals surface area contributed by atoms with Crippen molar-refractivity contribution in [1.82, 2.24) is 14.9 Å². The van der Waals surface area contributed by atoms with Crippen molar-refractivity contribution in [1.29, 1.82) is 5.26 Å². The molecular weight excluding hydrogens is 472 g/mol. The van der Waals surface area contributed by atoms with E-state index in [9.17, 15) is 9.59 Å². The number of ether oxygens (including phenoxy) is 1. The Labute approximate surface area is 213 Å². The lowest BCUT2D eigenvalue weighted by molar-refractivity contribution is -0.124. The molecule has 0 aliphatic carbocycles. The van der Waals surface area contributed by atoms with E-state index >= 15 is 0 Å². The number of benzene rings is 3. The number of amides is 1. The number of imidazole rings is 1. The standard InChI is InChI=1S/C28H24N4O3S/c1-32-16-15-30-27(32)26(22-7-3-2-4-8-22)31-25(33)18-35-28(34)23-9-5-6-10-24(23)36-19-21-13-11-20(17-29)12-14-21/h2-16,26H,18-19H2,1H3,(H,31,33). The molecule has 0 bridgehead atoms. The van der Waals surface area contributed by atoms with E-state index in [1.165, 1.54) is 11.8 Å². The van der Waals surface area contributed by atoms with Crippen LogP contribution >= 0.6 is 11.8 Å². The Bertz CT molecular complexity index is 1380. The molecule has 0 aliphatic rings. The maximum absolute atomic E-state index is 12.8. The van der Waals surface area contributed by atoms with Gasteiger partial charge in [0.2, 0.25) is 0 Å². The van der Waals surface area contributed by atoms with Crippen molar-refractivity contribution in [3.63, 3.8) is 0 Å². The Morgan fingerprint density at radius 2 is 1.78 bits per heavy atom. The molecule has 4 rings (SSSR count). The highest BCUT2D eigenvalue weighted by Crippen LogP contribution is 2.27. The van der Waals surface area contributed by atoms with Crippen LogP contribution in [0.15, 0.2) is 96.2 Å². The van der Waals surface area contributed by atoms with Crippen LogP contribution in [0.2, 0.25) is 0 Å². The Morgan fingerprint density at radius 1 is 1.06 bits per heavy atom. The lowest BCUT2D eigenvalue weighted by atomic mass is 10.1. The fourth-order valence-electron chi connectivity index (χ4n) is 3.61. The third-order valence-electron chi connectivity index (χ3n) is 5.47. The lowest BCUT2D eigenvalue weighted by Crippen LogP contribution is -2.34. The largest absolute Gasteiger partial charge is 0.452 e. The highest BCUT2D eigenvalue weighted by Gasteiger charge is 2.22. The monoisotopic (exact) mass is 496 g/mol. The number of hydrogen-bond acceptors (Lipinski definition) is 6.